The summed E-state index contributed by atoms with van der Waals surface area (Å²) in [6.45, 7) is 1.43. The van der Waals surface area contributed by atoms with Gasteiger partial charge in [0.25, 0.3) is 5.56 Å². The fraction of sp³-hybridized carbons (Fsp3) is 0.353. The first-order valence-corrected chi connectivity index (χ1v) is 7.83. The minimum absolute atomic E-state index is 0.136. The van der Waals surface area contributed by atoms with E-state index in [-0.39, 0.29) is 13.0 Å². The Hall–Kier alpha value is -2.71. The second-order valence-electron chi connectivity index (χ2n) is 5.88. The van der Waals surface area contributed by atoms with Gasteiger partial charge in [-0.05, 0) is 19.1 Å². The van der Waals surface area contributed by atoms with Gasteiger partial charge < -0.3 is 14.6 Å². The lowest BCUT2D eigenvalue weighted by Gasteiger charge is -2.16. The van der Waals surface area contributed by atoms with Crippen LogP contribution < -0.4 is 11.2 Å². The first-order valence-electron chi connectivity index (χ1n) is 7.83. The highest BCUT2D eigenvalue weighted by Crippen LogP contribution is 2.27. The molecule has 2 N–H and O–H groups in total. The van der Waals surface area contributed by atoms with E-state index < -0.39 is 35.7 Å². The number of aromatic nitrogens is 2. The van der Waals surface area contributed by atoms with Crippen LogP contribution in [-0.2, 0) is 9.47 Å². The monoisotopic (exact) mass is 346 g/mol. The molecule has 8 heteroatoms. The number of aliphatic hydroxyl groups is 1. The van der Waals surface area contributed by atoms with Gasteiger partial charge in [0.1, 0.15) is 18.9 Å². The lowest BCUT2D eigenvalue weighted by atomic mass is 10.2. The van der Waals surface area contributed by atoms with E-state index in [0.29, 0.717) is 11.1 Å². The molecule has 3 rings (SSSR count). The molecule has 0 amide bonds. The van der Waals surface area contributed by atoms with Crippen LogP contribution in [0.2, 0.25) is 0 Å². The molecule has 1 saturated heterocycles. The van der Waals surface area contributed by atoms with Crippen LogP contribution in [0.25, 0.3) is 0 Å². The van der Waals surface area contributed by atoms with E-state index in [4.69, 9.17) is 9.47 Å². The van der Waals surface area contributed by atoms with Crippen molar-refractivity contribution < 1.29 is 19.4 Å². The molecule has 2 aromatic rings. The Morgan fingerprint density at radius 2 is 2.08 bits per heavy atom. The molecule has 0 spiro atoms. The quantitative estimate of drug-likeness (QED) is 0.773. The number of hydrogen-bond acceptors (Lipinski definition) is 6. The number of aromatic amines is 1. The number of nitrogens with zero attached hydrogens (tertiary/aromatic N) is 1. The van der Waals surface area contributed by atoms with E-state index in [1.54, 1.807) is 37.3 Å². The van der Waals surface area contributed by atoms with E-state index in [0.717, 1.165) is 0 Å². The summed E-state index contributed by atoms with van der Waals surface area (Å²) in [6, 6.07) is 8.48. The highest BCUT2D eigenvalue weighted by molar-refractivity contribution is 5.89. The maximum absolute atomic E-state index is 11.9. The minimum Gasteiger partial charge on any atom is -0.459 e. The van der Waals surface area contributed by atoms with E-state index >= 15 is 0 Å². The average molecular weight is 346 g/mol. The van der Waals surface area contributed by atoms with Crippen LogP contribution >= 0.6 is 0 Å². The number of hydrogen-bond donors (Lipinski definition) is 2. The van der Waals surface area contributed by atoms with Crippen molar-refractivity contribution in [2.75, 3.05) is 6.61 Å². The zero-order chi connectivity index (χ0) is 18.0. The standard InChI is InChI=1S/C17H18N2O6/c1-10-8-19(17(23)18-15(10)21)14-7-12(20)13(25-14)9-24-16(22)11-5-3-2-4-6-11/h2-6,8,12-14,20H,7,9H2,1H3,(H,18,21,23)/t12-,13?,14?/m1/s1. The van der Waals surface area contributed by atoms with Crippen molar-refractivity contribution in [2.45, 2.75) is 31.8 Å². The predicted molar refractivity (Wildman–Crippen MR) is 87.3 cm³/mol. The number of H-pyrrole nitrogens is 1. The summed E-state index contributed by atoms with van der Waals surface area (Å²) in [4.78, 5) is 37.5. The summed E-state index contributed by atoms with van der Waals surface area (Å²) in [5, 5.41) is 10.1. The van der Waals surface area contributed by atoms with Gasteiger partial charge in [-0.3, -0.25) is 14.3 Å². The van der Waals surface area contributed by atoms with Crippen LogP contribution in [0.4, 0.5) is 0 Å². The molecule has 0 bridgehead atoms. The van der Waals surface area contributed by atoms with Gasteiger partial charge in [0.05, 0.1) is 11.7 Å². The lowest BCUT2D eigenvalue weighted by Crippen LogP contribution is -2.33. The van der Waals surface area contributed by atoms with Gasteiger partial charge in [-0.1, -0.05) is 18.2 Å². The molecular weight excluding hydrogens is 328 g/mol. The Bertz CT molecular complexity index is 873. The summed E-state index contributed by atoms with van der Waals surface area (Å²) in [6.07, 6.45) is -0.849. The number of aryl methyl sites for hydroxylation is 1. The van der Waals surface area contributed by atoms with Gasteiger partial charge in [0, 0.05) is 18.2 Å². The zero-order valence-electron chi connectivity index (χ0n) is 13.5. The Balaban J connectivity index is 1.66. The molecule has 2 heterocycles. The number of nitrogens with one attached hydrogen (secondary N) is 1. The van der Waals surface area contributed by atoms with Crippen molar-refractivity contribution >= 4 is 5.97 Å². The molecule has 1 aliphatic rings. The minimum atomic E-state index is -0.896. The largest absolute Gasteiger partial charge is 0.459 e. The van der Waals surface area contributed by atoms with Gasteiger partial charge in [-0.25, -0.2) is 9.59 Å². The number of rotatable bonds is 4. The molecule has 1 fully saturated rings. The number of esters is 1. The van der Waals surface area contributed by atoms with E-state index in [1.165, 1.54) is 10.8 Å². The first-order chi connectivity index (χ1) is 12.0. The maximum atomic E-state index is 11.9. The second kappa shape index (κ2) is 7.04. The third-order valence-corrected chi connectivity index (χ3v) is 4.05. The number of carbonyl (C=O) groups excluding carboxylic acids is 1. The van der Waals surface area contributed by atoms with Gasteiger partial charge in [-0.15, -0.1) is 0 Å². The molecule has 132 valence electrons. The molecule has 0 saturated carbocycles. The highest BCUT2D eigenvalue weighted by Gasteiger charge is 2.36. The Kier molecular flexibility index (Phi) is 4.82. The Morgan fingerprint density at radius 3 is 2.80 bits per heavy atom. The summed E-state index contributed by atoms with van der Waals surface area (Å²) in [5.41, 5.74) is -0.321. The summed E-state index contributed by atoms with van der Waals surface area (Å²) >= 11 is 0. The molecular formula is C17H18N2O6. The van der Waals surface area contributed by atoms with Crippen molar-refractivity contribution in [3.63, 3.8) is 0 Å². The SMILES string of the molecule is Cc1cn(C2C[C@@H](O)C(COC(=O)c3ccccc3)O2)c(=O)[nH]c1=O. The summed E-state index contributed by atoms with van der Waals surface area (Å²) in [7, 11) is 0. The van der Waals surface area contributed by atoms with Crippen LogP contribution in [0.3, 0.4) is 0 Å². The van der Waals surface area contributed by atoms with Gasteiger partial charge in [0.2, 0.25) is 0 Å². The first kappa shape index (κ1) is 17.1. The van der Waals surface area contributed by atoms with Crippen LogP contribution in [0.1, 0.15) is 28.6 Å². The maximum Gasteiger partial charge on any atom is 0.338 e. The fourth-order valence-electron chi connectivity index (χ4n) is 2.65. The van der Waals surface area contributed by atoms with Crippen LogP contribution in [0.15, 0.2) is 46.1 Å². The third kappa shape index (κ3) is 3.70. The lowest BCUT2D eigenvalue weighted by molar-refractivity contribution is -0.0532. The van der Waals surface area contributed by atoms with Crippen molar-refractivity contribution in [2.24, 2.45) is 0 Å². The van der Waals surface area contributed by atoms with Crippen molar-refractivity contribution in [3.8, 4) is 0 Å². The summed E-state index contributed by atoms with van der Waals surface area (Å²) < 4.78 is 12.0. The third-order valence-electron chi connectivity index (χ3n) is 4.05. The average Bonchev–Trinajstić information content (AvgIpc) is 2.97. The van der Waals surface area contributed by atoms with Gasteiger partial charge in [0.15, 0.2) is 0 Å². The van der Waals surface area contributed by atoms with Crippen molar-refractivity contribution in [1.29, 1.82) is 0 Å². The van der Waals surface area contributed by atoms with E-state index in [9.17, 15) is 19.5 Å². The molecule has 25 heavy (non-hydrogen) atoms. The Morgan fingerprint density at radius 1 is 1.36 bits per heavy atom. The molecule has 1 aromatic heterocycles. The number of carbonyl (C=O) groups is 1. The molecule has 3 atom stereocenters. The number of ether oxygens (including phenoxy) is 2. The molecule has 1 aromatic carbocycles. The number of aliphatic hydroxyl groups excluding tert-OH is 1. The molecule has 2 unspecified atom stereocenters. The Labute approximate surface area is 142 Å². The topological polar surface area (TPSA) is 111 Å². The van der Waals surface area contributed by atoms with E-state index in [1.807, 2.05) is 0 Å². The summed E-state index contributed by atoms with van der Waals surface area (Å²) in [5.74, 6) is -0.517. The van der Waals surface area contributed by atoms with Gasteiger partial charge >= 0.3 is 11.7 Å². The van der Waals surface area contributed by atoms with Crippen molar-refractivity contribution in [3.05, 3.63) is 68.5 Å². The van der Waals surface area contributed by atoms with Crippen LogP contribution in [0, 0.1) is 6.92 Å². The smallest absolute Gasteiger partial charge is 0.338 e. The zero-order valence-corrected chi connectivity index (χ0v) is 13.5. The van der Waals surface area contributed by atoms with Crippen LogP contribution in [-0.4, -0.2) is 39.4 Å². The number of benzene rings is 1. The second-order valence-corrected chi connectivity index (χ2v) is 5.88. The molecule has 8 nitrogen and oxygen atoms in total. The van der Waals surface area contributed by atoms with Crippen molar-refractivity contribution in [1.82, 2.24) is 9.55 Å². The normalized spacial score (nSPS) is 22.7. The highest BCUT2D eigenvalue weighted by atomic mass is 16.6. The fourth-order valence-corrected chi connectivity index (χ4v) is 2.65. The molecule has 0 radical (unpaired) electrons. The van der Waals surface area contributed by atoms with Crippen LogP contribution in [0.5, 0.6) is 0 Å². The molecule has 0 aliphatic carbocycles. The van der Waals surface area contributed by atoms with Gasteiger partial charge in [-0.2, -0.15) is 0 Å². The predicted octanol–water partition coefficient (Wildman–Crippen LogP) is 0.350. The van der Waals surface area contributed by atoms with E-state index in [2.05, 4.69) is 4.98 Å². The molecule has 1 aliphatic heterocycles.